The van der Waals surface area contributed by atoms with Crippen LogP contribution < -0.4 is 0 Å². The van der Waals surface area contributed by atoms with Gasteiger partial charge in [-0.25, -0.2) is 0 Å². The van der Waals surface area contributed by atoms with Crippen LogP contribution in [0, 0.1) is 0 Å². The lowest BCUT2D eigenvalue weighted by Gasteiger charge is -2.31. The van der Waals surface area contributed by atoms with Crippen molar-refractivity contribution in [3.05, 3.63) is 76.4 Å². The largest absolute Gasteiger partial charge is 0.481 e. The highest BCUT2D eigenvalue weighted by atomic mass is 35.5. The maximum atomic E-state index is 13.0. The second-order valence-electron chi connectivity index (χ2n) is 7.29. The van der Waals surface area contributed by atoms with Crippen molar-refractivity contribution in [2.45, 2.75) is 25.9 Å². The van der Waals surface area contributed by atoms with Crippen molar-refractivity contribution in [2.24, 2.45) is 0 Å². The van der Waals surface area contributed by atoms with Crippen molar-refractivity contribution >= 4 is 23.5 Å². The molecular formula is C22H20ClN3O3. The maximum absolute atomic E-state index is 13.0. The molecule has 0 spiro atoms. The third-order valence-corrected chi connectivity index (χ3v) is 5.29. The molecular weight excluding hydrogens is 390 g/mol. The number of carboxylic acid groups (broad SMARTS) is 1. The number of benzene rings is 2. The van der Waals surface area contributed by atoms with Crippen LogP contribution in [0.5, 0.6) is 0 Å². The second-order valence-corrected chi connectivity index (χ2v) is 7.72. The van der Waals surface area contributed by atoms with Gasteiger partial charge in [0.25, 0.3) is 5.91 Å². The molecule has 29 heavy (non-hydrogen) atoms. The Labute approximate surface area is 173 Å². The van der Waals surface area contributed by atoms with Gasteiger partial charge < -0.3 is 10.0 Å². The molecule has 1 atom stereocenters. The van der Waals surface area contributed by atoms with Crippen LogP contribution in [-0.2, 0) is 17.8 Å². The zero-order valence-corrected chi connectivity index (χ0v) is 16.6. The molecule has 0 radical (unpaired) electrons. The van der Waals surface area contributed by atoms with Crippen LogP contribution in [0.2, 0.25) is 5.02 Å². The van der Waals surface area contributed by atoms with E-state index in [1.54, 1.807) is 33.8 Å². The van der Waals surface area contributed by atoms with E-state index in [1.165, 1.54) is 0 Å². The number of halogens is 1. The standard InChI is InChI=1S/C22H20ClN3O3/c1-14-12-25(13-16-4-2-15(3-5-16)10-21(27)28)22(29)20-11-19(24-26(14)20)17-6-8-18(23)9-7-17/h2-9,11,14H,10,12-13H2,1H3,(H,27,28)/t14-/m0/s1. The number of carbonyl (C=O) groups excluding carboxylic acids is 1. The van der Waals surface area contributed by atoms with Gasteiger partial charge in [-0.3, -0.25) is 14.3 Å². The second kappa shape index (κ2) is 7.72. The number of fused-ring (bicyclic) bond motifs is 1. The first-order valence-corrected chi connectivity index (χ1v) is 9.73. The van der Waals surface area contributed by atoms with E-state index in [-0.39, 0.29) is 18.4 Å². The Kier molecular flexibility index (Phi) is 5.11. The molecule has 2 aromatic carbocycles. The molecule has 4 rings (SSSR count). The summed E-state index contributed by atoms with van der Waals surface area (Å²) in [6, 6.07) is 16.6. The summed E-state index contributed by atoms with van der Waals surface area (Å²) in [6.45, 7) is 3.07. The number of amides is 1. The number of rotatable bonds is 5. The summed E-state index contributed by atoms with van der Waals surface area (Å²) >= 11 is 5.96. The van der Waals surface area contributed by atoms with Crippen LogP contribution in [0.3, 0.4) is 0 Å². The monoisotopic (exact) mass is 409 g/mol. The SMILES string of the molecule is C[C@H]1CN(Cc2ccc(CC(=O)O)cc2)C(=O)c2cc(-c3ccc(Cl)cc3)nn21. The Morgan fingerprint density at radius 1 is 1.14 bits per heavy atom. The predicted octanol–water partition coefficient (Wildman–Crippen LogP) is 4.05. The van der Waals surface area contributed by atoms with E-state index < -0.39 is 5.97 Å². The molecule has 6 nitrogen and oxygen atoms in total. The van der Waals surface area contributed by atoms with Gasteiger partial charge in [-0.1, -0.05) is 48.0 Å². The minimum Gasteiger partial charge on any atom is -0.481 e. The molecule has 1 amide bonds. The van der Waals surface area contributed by atoms with E-state index in [4.69, 9.17) is 16.7 Å². The molecule has 0 fully saturated rings. The number of aromatic nitrogens is 2. The topological polar surface area (TPSA) is 75.4 Å². The highest BCUT2D eigenvalue weighted by Crippen LogP contribution is 2.28. The Morgan fingerprint density at radius 2 is 1.79 bits per heavy atom. The fourth-order valence-corrected chi connectivity index (χ4v) is 3.71. The maximum Gasteiger partial charge on any atom is 0.307 e. The lowest BCUT2D eigenvalue weighted by atomic mass is 10.1. The molecule has 0 aliphatic carbocycles. The van der Waals surface area contributed by atoms with E-state index in [9.17, 15) is 9.59 Å². The van der Waals surface area contributed by atoms with E-state index in [0.717, 1.165) is 22.4 Å². The van der Waals surface area contributed by atoms with Crippen molar-refractivity contribution in [1.82, 2.24) is 14.7 Å². The van der Waals surface area contributed by atoms with Crippen molar-refractivity contribution in [3.8, 4) is 11.3 Å². The third kappa shape index (κ3) is 4.03. The lowest BCUT2D eigenvalue weighted by molar-refractivity contribution is -0.136. The van der Waals surface area contributed by atoms with E-state index in [1.807, 2.05) is 37.3 Å². The van der Waals surface area contributed by atoms with Crippen LogP contribution in [0.1, 0.15) is 34.6 Å². The molecule has 1 aromatic heterocycles. The van der Waals surface area contributed by atoms with E-state index in [0.29, 0.717) is 23.8 Å². The Morgan fingerprint density at radius 3 is 2.45 bits per heavy atom. The van der Waals surface area contributed by atoms with Gasteiger partial charge in [-0.2, -0.15) is 5.10 Å². The van der Waals surface area contributed by atoms with Crippen LogP contribution in [0.25, 0.3) is 11.3 Å². The zero-order valence-electron chi connectivity index (χ0n) is 15.9. The first-order chi connectivity index (χ1) is 13.9. The lowest BCUT2D eigenvalue weighted by Crippen LogP contribution is -2.41. The van der Waals surface area contributed by atoms with Gasteiger partial charge in [0.05, 0.1) is 18.2 Å². The van der Waals surface area contributed by atoms with Crippen LogP contribution in [0.4, 0.5) is 0 Å². The van der Waals surface area contributed by atoms with E-state index >= 15 is 0 Å². The molecule has 1 N–H and O–H groups in total. The highest BCUT2D eigenvalue weighted by molar-refractivity contribution is 6.30. The third-order valence-electron chi connectivity index (χ3n) is 5.04. The molecule has 0 unspecified atom stereocenters. The minimum atomic E-state index is -0.859. The fraction of sp³-hybridized carbons (Fsp3) is 0.227. The van der Waals surface area contributed by atoms with Gasteiger partial charge in [-0.15, -0.1) is 0 Å². The molecule has 1 aliphatic heterocycles. The molecule has 0 bridgehead atoms. The van der Waals surface area contributed by atoms with Crippen LogP contribution in [0.15, 0.2) is 54.6 Å². The fourth-order valence-electron chi connectivity index (χ4n) is 3.59. The van der Waals surface area contributed by atoms with Gasteiger partial charge in [0.15, 0.2) is 0 Å². The van der Waals surface area contributed by atoms with Gasteiger partial charge in [0.2, 0.25) is 0 Å². The number of nitrogens with zero attached hydrogens (tertiary/aromatic N) is 3. The molecule has 3 aromatic rings. The zero-order chi connectivity index (χ0) is 20.5. The number of aliphatic carboxylic acids is 1. The molecule has 2 heterocycles. The van der Waals surface area contributed by atoms with Crippen molar-refractivity contribution in [1.29, 1.82) is 0 Å². The summed E-state index contributed by atoms with van der Waals surface area (Å²) in [5.41, 5.74) is 3.93. The molecule has 148 valence electrons. The summed E-state index contributed by atoms with van der Waals surface area (Å²) in [5, 5.41) is 14.2. The Hall–Kier alpha value is -3.12. The van der Waals surface area contributed by atoms with Crippen molar-refractivity contribution in [2.75, 3.05) is 6.54 Å². The van der Waals surface area contributed by atoms with Crippen molar-refractivity contribution in [3.63, 3.8) is 0 Å². The summed E-state index contributed by atoms with van der Waals surface area (Å²) in [5.74, 6) is -0.923. The smallest absolute Gasteiger partial charge is 0.307 e. The number of hydrogen-bond donors (Lipinski definition) is 1. The predicted molar refractivity (Wildman–Crippen MR) is 110 cm³/mol. The average Bonchev–Trinajstić information content (AvgIpc) is 3.14. The summed E-state index contributed by atoms with van der Waals surface area (Å²) in [7, 11) is 0. The average molecular weight is 410 g/mol. The summed E-state index contributed by atoms with van der Waals surface area (Å²) in [4.78, 5) is 25.7. The number of carboxylic acids is 1. The molecule has 7 heteroatoms. The van der Waals surface area contributed by atoms with Gasteiger partial charge >= 0.3 is 5.97 Å². The van der Waals surface area contributed by atoms with Crippen LogP contribution in [-0.4, -0.2) is 38.2 Å². The normalized spacial score (nSPS) is 16.0. The Bertz CT molecular complexity index is 1060. The summed E-state index contributed by atoms with van der Waals surface area (Å²) < 4.78 is 1.79. The molecule has 0 saturated heterocycles. The first-order valence-electron chi connectivity index (χ1n) is 9.35. The minimum absolute atomic E-state index is 0.00732. The van der Waals surface area contributed by atoms with Gasteiger partial charge in [0, 0.05) is 23.7 Å². The van der Waals surface area contributed by atoms with Gasteiger partial charge in [-0.05, 0) is 36.2 Å². The van der Waals surface area contributed by atoms with Gasteiger partial charge in [0.1, 0.15) is 5.69 Å². The number of hydrogen-bond acceptors (Lipinski definition) is 3. The molecule has 0 saturated carbocycles. The molecule has 1 aliphatic rings. The highest BCUT2D eigenvalue weighted by Gasteiger charge is 2.31. The summed E-state index contributed by atoms with van der Waals surface area (Å²) in [6.07, 6.45) is -0.00732. The number of carbonyl (C=O) groups is 2. The van der Waals surface area contributed by atoms with Crippen molar-refractivity contribution < 1.29 is 14.7 Å². The van der Waals surface area contributed by atoms with Crippen LogP contribution >= 0.6 is 11.6 Å². The first kappa shape index (κ1) is 19.2. The Balaban J connectivity index is 1.55. The van der Waals surface area contributed by atoms with E-state index in [2.05, 4.69) is 5.10 Å². The quantitative estimate of drug-likeness (QED) is 0.689.